The first-order valence-corrected chi connectivity index (χ1v) is 11.5. The van der Waals surface area contributed by atoms with Gasteiger partial charge in [-0.2, -0.15) is 0 Å². The smallest absolute Gasteiger partial charge is 0.0622 e. The van der Waals surface area contributed by atoms with Crippen molar-refractivity contribution < 1.29 is 0 Å². The Labute approximate surface area is 193 Å². The molecule has 6 aromatic rings. The molecule has 0 aliphatic heterocycles. The van der Waals surface area contributed by atoms with Crippen LogP contribution in [0.2, 0.25) is 0 Å². The molecule has 0 heterocycles. The molecule has 1 aliphatic carbocycles. The summed E-state index contributed by atoms with van der Waals surface area (Å²) in [6.07, 6.45) is 0. The van der Waals surface area contributed by atoms with Crippen LogP contribution in [0.4, 0.5) is 0 Å². The zero-order chi connectivity index (χ0) is 21.8. The summed E-state index contributed by atoms with van der Waals surface area (Å²) in [5, 5.41) is 5.17. The first kappa shape index (κ1) is 18.4. The van der Waals surface area contributed by atoms with Gasteiger partial charge in [0.25, 0.3) is 0 Å². The van der Waals surface area contributed by atoms with Crippen molar-refractivity contribution in [3.8, 4) is 11.1 Å². The van der Waals surface area contributed by atoms with Crippen LogP contribution in [-0.2, 0) is 5.41 Å². The minimum atomic E-state index is -0.377. The van der Waals surface area contributed by atoms with Crippen LogP contribution in [0.25, 0.3) is 32.7 Å². The van der Waals surface area contributed by atoms with Gasteiger partial charge in [0.1, 0.15) is 0 Å². The summed E-state index contributed by atoms with van der Waals surface area (Å²) >= 11 is 0. The van der Waals surface area contributed by atoms with Crippen molar-refractivity contribution in [1.82, 2.24) is 0 Å². The molecular weight excluding hydrogens is 396 g/mol. The van der Waals surface area contributed by atoms with Crippen molar-refractivity contribution in [3.63, 3.8) is 0 Å². The van der Waals surface area contributed by atoms with E-state index in [1.165, 1.54) is 54.9 Å². The van der Waals surface area contributed by atoms with E-state index in [1.54, 1.807) is 0 Å². The lowest BCUT2D eigenvalue weighted by Gasteiger charge is -2.34. The van der Waals surface area contributed by atoms with E-state index in [0.717, 1.165) is 0 Å². The Hall–Kier alpha value is -4.16. The Morgan fingerprint density at radius 2 is 0.939 bits per heavy atom. The number of hydrogen-bond acceptors (Lipinski definition) is 0. The molecule has 0 amide bonds. The van der Waals surface area contributed by atoms with E-state index in [0.29, 0.717) is 0 Å². The van der Waals surface area contributed by atoms with Gasteiger partial charge in [-0.05, 0) is 67.1 Å². The van der Waals surface area contributed by atoms with Crippen LogP contribution >= 0.6 is 0 Å². The number of hydrogen-bond donors (Lipinski definition) is 0. The van der Waals surface area contributed by atoms with E-state index >= 15 is 0 Å². The summed E-state index contributed by atoms with van der Waals surface area (Å²) < 4.78 is 0. The molecule has 6 aromatic carbocycles. The molecular formula is C33H22. The first-order chi connectivity index (χ1) is 16.4. The third kappa shape index (κ3) is 2.46. The van der Waals surface area contributed by atoms with E-state index < -0.39 is 0 Å². The summed E-state index contributed by atoms with van der Waals surface area (Å²) in [4.78, 5) is 0. The molecule has 33 heavy (non-hydrogen) atoms. The molecule has 154 valence electrons. The Morgan fingerprint density at radius 3 is 1.61 bits per heavy atom. The fourth-order valence-electron chi connectivity index (χ4n) is 5.95. The largest absolute Gasteiger partial charge is 0.0719 e. The number of fused-ring (bicyclic) bond motifs is 6. The molecule has 0 bridgehead atoms. The fraction of sp³-hybridized carbons (Fsp3) is 0.0303. The SMILES string of the molecule is c1ccc(C2(c3ccccc3)c3cc4ccccc4cc3-c3ccc4ccccc4c32)cc1. The highest BCUT2D eigenvalue weighted by molar-refractivity contribution is 6.03. The molecule has 0 atom stereocenters. The van der Waals surface area contributed by atoms with E-state index in [1.807, 2.05) is 0 Å². The normalized spacial score (nSPS) is 13.7. The van der Waals surface area contributed by atoms with Gasteiger partial charge in [-0.3, -0.25) is 0 Å². The Bertz CT molecular complexity index is 1600. The molecule has 0 fully saturated rings. The fourth-order valence-corrected chi connectivity index (χ4v) is 5.95. The Kier molecular flexibility index (Phi) is 3.86. The maximum absolute atomic E-state index is 2.43. The van der Waals surface area contributed by atoms with E-state index in [9.17, 15) is 0 Å². The van der Waals surface area contributed by atoms with Crippen molar-refractivity contribution in [1.29, 1.82) is 0 Å². The standard InChI is InChI=1S/C33H22/c1-3-14-26(15-4-1)33(27-16-5-2-6-17-27)31-22-25-13-8-7-12-24(25)21-30(31)29-20-19-23-11-9-10-18-28(23)32(29)33/h1-22H. The third-order valence-electron chi connectivity index (χ3n) is 7.30. The van der Waals surface area contributed by atoms with Crippen LogP contribution in [0, 0.1) is 0 Å². The van der Waals surface area contributed by atoms with Gasteiger partial charge in [0.2, 0.25) is 0 Å². The maximum atomic E-state index is 2.43. The second-order valence-corrected chi connectivity index (χ2v) is 8.94. The van der Waals surface area contributed by atoms with Crippen LogP contribution in [0.5, 0.6) is 0 Å². The summed E-state index contributed by atoms with van der Waals surface area (Å²) in [5.74, 6) is 0. The van der Waals surface area contributed by atoms with Gasteiger partial charge in [-0.15, -0.1) is 0 Å². The van der Waals surface area contributed by atoms with Crippen molar-refractivity contribution in [3.05, 3.63) is 156 Å². The summed E-state index contributed by atoms with van der Waals surface area (Å²) in [7, 11) is 0. The number of benzene rings is 6. The van der Waals surface area contributed by atoms with Crippen LogP contribution < -0.4 is 0 Å². The highest BCUT2D eigenvalue weighted by Gasteiger charge is 2.47. The zero-order valence-corrected chi connectivity index (χ0v) is 18.2. The monoisotopic (exact) mass is 418 g/mol. The molecule has 0 unspecified atom stereocenters. The van der Waals surface area contributed by atoms with Crippen molar-refractivity contribution in [2.24, 2.45) is 0 Å². The molecule has 0 aromatic heterocycles. The van der Waals surface area contributed by atoms with Gasteiger partial charge in [0, 0.05) is 0 Å². The van der Waals surface area contributed by atoms with Crippen molar-refractivity contribution in [2.75, 3.05) is 0 Å². The van der Waals surface area contributed by atoms with Crippen molar-refractivity contribution in [2.45, 2.75) is 5.41 Å². The lowest BCUT2D eigenvalue weighted by molar-refractivity contribution is 0.776. The molecule has 7 rings (SSSR count). The average molecular weight is 419 g/mol. The van der Waals surface area contributed by atoms with Gasteiger partial charge in [-0.25, -0.2) is 0 Å². The third-order valence-corrected chi connectivity index (χ3v) is 7.30. The summed E-state index contributed by atoms with van der Waals surface area (Å²) in [5.41, 5.74) is 7.67. The number of rotatable bonds is 2. The van der Waals surface area contributed by atoms with Crippen LogP contribution in [0.3, 0.4) is 0 Å². The summed E-state index contributed by atoms with van der Waals surface area (Å²) in [6, 6.07) is 49.1. The van der Waals surface area contributed by atoms with Crippen LogP contribution in [0.1, 0.15) is 22.3 Å². The molecule has 0 spiro atoms. The summed E-state index contributed by atoms with van der Waals surface area (Å²) in [6.45, 7) is 0. The minimum absolute atomic E-state index is 0.377. The average Bonchev–Trinajstić information content (AvgIpc) is 3.19. The highest BCUT2D eigenvalue weighted by Crippen LogP contribution is 2.58. The second kappa shape index (κ2) is 6.92. The molecule has 0 heteroatoms. The molecule has 0 N–H and O–H groups in total. The van der Waals surface area contributed by atoms with Crippen molar-refractivity contribution >= 4 is 21.5 Å². The predicted octanol–water partition coefficient (Wildman–Crippen LogP) is 8.36. The quantitative estimate of drug-likeness (QED) is 0.265. The Balaban J connectivity index is 1.75. The maximum Gasteiger partial charge on any atom is 0.0719 e. The van der Waals surface area contributed by atoms with Gasteiger partial charge < -0.3 is 0 Å². The Morgan fingerprint density at radius 1 is 0.394 bits per heavy atom. The van der Waals surface area contributed by atoms with Gasteiger partial charge in [-0.1, -0.05) is 121 Å². The van der Waals surface area contributed by atoms with Gasteiger partial charge >= 0.3 is 0 Å². The van der Waals surface area contributed by atoms with Gasteiger partial charge in [0.05, 0.1) is 5.41 Å². The lowest BCUT2D eigenvalue weighted by Crippen LogP contribution is -2.28. The van der Waals surface area contributed by atoms with Crippen LogP contribution in [0.15, 0.2) is 133 Å². The molecule has 1 aliphatic rings. The zero-order valence-electron chi connectivity index (χ0n) is 18.2. The lowest BCUT2D eigenvalue weighted by atomic mass is 9.66. The van der Waals surface area contributed by atoms with Gasteiger partial charge in [0.15, 0.2) is 0 Å². The molecule has 0 saturated heterocycles. The molecule has 0 saturated carbocycles. The predicted molar refractivity (Wildman–Crippen MR) is 139 cm³/mol. The van der Waals surface area contributed by atoms with E-state index in [-0.39, 0.29) is 5.41 Å². The minimum Gasteiger partial charge on any atom is -0.0622 e. The van der Waals surface area contributed by atoms with Crippen LogP contribution in [-0.4, -0.2) is 0 Å². The first-order valence-electron chi connectivity index (χ1n) is 11.5. The van der Waals surface area contributed by atoms with E-state index in [2.05, 4.69) is 133 Å². The molecule has 0 radical (unpaired) electrons. The van der Waals surface area contributed by atoms with E-state index in [4.69, 9.17) is 0 Å². The highest BCUT2D eigenvalue weighted by atomic mass is 14.5. The molecule has 0 nitrogen and oxygen atoms in total. The second-order valence-electron chi connectivity index (χ2n) is 8.94. The topological polar surface area (TPSA) is 0 Å².